The van der Waals surface area contributed by atoms with E-state index in [1.165, 1.54) is 0 Å². The highest BCUT2D eigenvalue weighted by molar-refractivity contribution is 5.71. The first-order chi connectivity index (χ1) is 7.03. The lowest BCUT2D eigenvalue weighted by atomic mass is 9.85. The van der Waals surface area contributed by atoms with Gasteiger partial charge >= 0.3 is 12.1 Å². The summed E-state index contributed by atoms with van der Waals surface area (Å²) in [6, 6.07) is 0. The number of carboxylic acid groups (broad SMARTS) is 1. The van der Waals surface area contributed by atoms with Crippen LogP contribution in [0.25, 0.3) is 0 Å². The maximum atomic E-state index is 12.5. The van der Waals surface area contributed by atoms with Crippen molar-refractivity contribution < 1.29 is 27.8 Å². The molecule has 0 saturated carbocycles. The van der Waals surface area contributed by atoms with Crippen LogP contribution in [0.3, 0.4) is 0 Å². The Morgan fingerprint density at radius 3 is 2.06 bits per heavy atom. The molecule has 0 spiro atoms. The largest absolute Gasteiger partial charge is 0.481 e. The lowest BCUT2D eigenvalue weighted by molar-refractivity contribution is -0.231. The Labute approximate surface area is 91.6 Å². The number of halogens is 3. The molecule has 6 heteroatoms. The van der Waals surface area contributed by atoms with Gasteiger partial charge in [0.05, 0.1) is 12.0 Å². The molecule has 1 heterocycles. The van der Waals surface area contributed by atoms with E-state index in [1.54, 1.807) is 20.8 Å². The number of hydrogen-bond acceptors (Lipinski definition) is 2. The molecule has 0 amide bonds. The van der Waals surface area contributed by atoms with Gasteiger partial charge in [0.2, 0.25) is 0 Å². The summed E-state index contributed by atoms with van der Waals surface area (Å²) in [5, 5.41) is 8.75. The third-order valence-corrected chi connectivity index (χ3v) is 2.75. The molecule has 0 radical (unpaired) electrons. The summed E-state index contributed by atoms with van der Waals surface area (Å²) in [4.78, 5) is 10.8. The first-order valence-electron chi connectivity index (χ1n) is 4.98. The van der Waals surface area contributed by atoms with Crippen LogP contribution < -0.4 is 0 Å². The van der Waals surface area contributed by atoms with Gasteiger partial charge in [-0.3, -0.25) is 4.79 Å². The van der Waals surface area contributed by atoms with E-state index in [0.717, 1.165) is 0 Å². The summed E-state index contributed by atoms with van der Waals surface area (Å²) < 4.78 is 42.5. The number of carbonyl (C=O) groups is 1. The Bertz CT molecular complexity index is 280. The van der Waals surface area contributed by atoms with E-state index in [-0.39, 0.29) is 6.42 Å². The van der Waals surface area contributed by atoms with Crippen LogP contribution in [0.4, 0.5) is 13.2 Å². The molecule has 1 aliphatic rings. The lowest BCUT2D eigenvalue weighted by Crippen LogP contribution is -2.38. The second kappa shape index (κ2) is 3.91. The van der Waals surface area contributed by atoms with Crippen LogP contribution >= 0.6 is 0 Å². The minimum absolute atomic E-state index is 0.0942. The van der Waals surface area contributed by atoms with Crippen LogP contribution in [0.2, 0.25) is 0 Å². The Balaban J connectivity index is 2.89. The van der Waals surface area contributed by atoms with Crippen molar-refractivity contribution in [3.8, 4) is 0 Å². The number of rotatable bonds is 1. The van der Waals surface area contributed by atoms with Crippen LogP contribution in [0.1, 0.15) is 27.2 Å². The number of ether oxygens (including phenoxy) is 1. The first kappa shape index (κ1) is 13.3. The van der Waals surface area contributed by atoms with Crippen molar-refractivity contribution >= 4 is 5.97 Å². The molecule has 1 aliphatic heterocycles. The minimum atomic E-state index is -4.62. The van der Waals surface area contributed by atoms with Crippen molar-refractivity contribution in [2.75, 3.05) is 0 Å². The van der Waals surface area contributed by atoms with Gasteiger partial charge in [-0.15, -0.1) is 0 Å². The van der Waals surface area contributed by atoms with Crippen LogP contribution in [0.15, 0.2) is 0 Å². The van der Waals surface area contributed by atoms with Crippen molar-refractivity contribution in [2.24, 2.45) is 11.3 Å². The second-order valence-electron chi connectivity index (χ2n) is 5.13. The van der Waals surface area contributed by atoms with Gasteiger partial charge in [0.15, 0.2) is 6.10 Å². The molecule has 0 aromatic carbocycles. The van der Waals surface area contributed by atoms with E-state index in [1.807, 2.05) is 0 Å². The Morgan fingerprint density at radius 2 is 1.81 bits per heavy atom. The smallest absolute Gasteiger partial charge is 0.415 e. The maximum Gasteiger partial charge on any atom is 0.415 e. The molecule has 0 aromatic rings. The fraction of sp³-hybridized carbons (Fsp3) is 0.900. The fourth-order valence-electron chi connectivity index (χ4n) is 1.77. The average molecular weight is 240 g/mol. The third-order valence-electron chi connectivity index (χ3n) is 2.75. The van der Waals surface area contributed by atoms with E-state index < -0.39 is 35.7 Å². The monoisotopic (exact) mass is 240 g/mol. The molecule has 16 heavy (non-hydrogen) atoms. The topological polar surface area (TPSA) is 46.5 Å². The molecule has 0 bridgehead atoms. The van der Waals surface area contributed by atoms with Gasteiger partial charge < -0.3 is 9.84 Å². The summed E-state index contributed by atoms with van der Waals surface area (Å²) in [7, 11) is 0. The van der Waals surface area contributed by atoms with E-state index in [2.05, 4.69) is 0 Å². The Morgan fingerprint density at radius 1 is 1.31 bits per heavy atom. The van der Waals surface area contributed by atoms with Crippen molar-refractivity contribution in [3.05, 3.63) is 0 Å². The van der Waals surface area contributed by atoms with Crippen LogP contribution in [-0.4, -0.2) is 29.5 Å². The minimum Gasteiger partial charge on any atom is -0.481 e. The molecule has 3 nitrogen and oxygen atoms in total. The number of hydrogen-bond donors (Lipinski definition) is 1. The normalized spacial score (nSPS) is 31.8. The summed E-state index contributed by atoms with van der Waals surface area (Å²) >= 11 is 0. The summed E-state index contributed by atoms with van der Waals surface area (Å²) in [6.45, 7) is 5.19. The molecule has 0 aliphatic carbocycles. The fourth-order valence-corrected chi connectivity index (χ4v) is 1.77. The van der Waals surface area contributed by atoms with E-state index in [4.69, 9.17) is 9.84 Å². The molecule has 1 rings (SSSR count). The molecule has 3 atom stereocenters. The average Bonchev–Trinajstić information content (AvgIpc) is 2.44. The number of carboxylic acids is 1. The highest BCUT2D eigenvalue weighted by atomic mass is 19.4. The van der Waals surface area contributed by atoms with Gasteiger partial charge in [-0.25, -0.2) is 0 Å². The van der Waals surface area contributed by atoms with Gasteiger partial charge in [-0.2, -0.15) is 13.2 Å². The van der Waals surface area contributed by atoms with Gasteiger partial charge in [-0.1, -0.05) is 20.8 Å². The van der Waals surface area contributed by atoms with Gasteiger partial charge in [0.1, 0.15) is 0 Å². The van der Waals surface area contributed by atoms with E-state index in [9.17, 15) is 18.0 Å². The summed E-state index contributed by atoms with van der Waals surface area (Å²) in [5.74, 6) is -2.95. The molecule has 1 fully saturated rings. The second-order valence-corrected chi connectivity index (χ2v) is 5.13. The lowest BCUT2D eigenvalue weighted by Gasteiger charge is -2.27. The Hall–Kier alpha value is -0.780. The van der Waals surface area contributed by atoms with Crippen molar-refractivity contribution in [1.82, 2.24) is 0 Å². The molecule has 3 unspecified atom stereocenters. The summed E-state index contributed by atoms with van der Waals surface area (Å²) in [6.07, 6.45) is -7.58. The number of aliphatic carboxylic acids is 1. The molecular formula is C10H15F3O3. The van der Waals surface area contributed by atoms with E-state index in [0.29, 0.717) is 0 Å². The van der Waals surface area contributed by atoms with Crippen molar-refractivity contribution in [2.45, 2.75) is 45.6 Å². The van der Waals surface area contributed by atoms with Crippen LogP contribution in [0, 0.1) is 11.3 Å². The SMILES string of the molecule is CC(C)(C)C1CC(C(=O)O)C(C(F)(F)F)O1. The van der Waals surface area contributed by atoms with Crippen molar-refractivity contribution in [1.29, 1.82) is 0 Å². The number of alkyl halides is 3. The predicted octanol–water partition coefficient (Wildman–Crippen LogP) is 2.45. The predicted molar refractivity (Wildman–Crippen MR) is 49.9 cm³/mol. The Kier molecular flexibility index (Phi) is 3.24. The molecule has 1 saturated heterocycles. The van der Waals surface area contributed by atoms with Gasteiger partial charge in [0, 0.05) is 0 Å². The van der Waals surface area contributed by atoms with Gasteiger partial charge in [0.25, 0.3) is 0 Å². The highest BCUT2D eigenvalue weighted by Gasteiger charge is 2.56. The quantitative estimate of drug-likeness (QED) is 0.765. The zero-order chi connectivity index (χ0) is 12.7. The standard InChI is InChI=1S/C10H15F3O3/c1-9(2,3)6-4-5(8(14)15)7(16-6)10(11,12)13/h5-7H,4H2,1-3H3,(H,14,15). The molecule has 94 valence electrons. The van der Waals surface area contributed by atoms with Crippen LogP contribution in [0.5, 0.6) is 0 Å². The van der Waals surface area contributed by atoms with Crippen LogP contribution in [-0.2, 0) is 9.53 Å². The molecule has 1 N–H and O–H groups in total. The zero-order valence-electron chi connectivity index (χ0n) is 9.34. The highest BCUT2D eigenvalue weighted by Crippen LogP contribution is 2.42. The van der Waals surface area contributed by atoms with Crippen molar-refractivity contribution in [3.63, 3.8) is 0 Å². The molecule has 0 aromatic heterocycles. The third kappa shape index (κ3) is 2.66. The first-order valence-corrected chi connectivity index (χ1v) is 4.98. The zero-order valence-corrected chi connectivity index (χ0v) is 9.34. The summed E-state index contributed by atoms with van der Waals surface area (Å²) in [5.41, 5.74) is -0.492. The van der Waals surface area contributed by atoms with Gasteiger partial charge in [-0.05, 0) is 11.8 Å². The molecular weight excluding hydrogens is 225 g/mol. The van der Waals surface area contributed by atoms with E-state index >= 15 is 0 Å². The maximum absolute atomic E-state index is 12.5.